The van der Waals surface area contributed by atoms with E-state index in [-0.39, 0.29) is 11.3 Å². The summed E-state index contributed by atoms with van der Waals surface area (Å²) in [5.41, 5.74) is 1.57. The van der Waals surface area contributed by atoms with E-state index in [9.17, 15) is 15.0 Å². The van der Waals surface area contributed by atoms with Crippen molar-refractivity contribution in [2.45, 2.75) is 13.5 Å². The van der Waals surface area contributed by atoms with Crippen molar-refractivity contribution in [1.29, 1.82) is 0 Å². The molecule has 3 rings (SSSR count). The van der Waals surface area contributed by atoms with E-state index in [2.05, 4.69) is 23.6 Å². The Morgan fingerprint density at radius 2 is 1.96 bits per heavy atom. The Hall–Kier alpha value is -2.66. The fourth-order valence-corrected chi connectivity index (χ4v) is 3.72. The number of aryl methyl sites for hydroxylation is 1. The van der Waals surface area contributed by atoms with Gasteiger partial charge >= 0.3 is 5.97 Å². The van der Waals surface area contributed by atoms with Gasteiger partial charge < -0.3 is 10.2 Å². The fourth-order valence-electron chi connectivity index (χ4n) is 2.59. The number of hydrogen-bond donors (Lipinski definition) is 2. The molecule has 0 radical (unpaired) electrons. The summed E-state index contributed by atoms with van der Waals surface area (Å²) in [7, 11) is 0. The second-order valence-electron chi connectivity index (χ2n) is 5.03. The van der Waals surface area contributed by atoms with Crippen LogP contribution in [0.4, 0.5) is 0 Å². The second kappa shape index (κ2) is 6.22. The Labute approximate surface area is 137 Å². The molecule has 0 unspecified atom stereocenters. The quantitative estimate of drug-likeness (QED) is 0.717. The van der Waals surface area contributed by atoms with Gasteiger partial charge in [0.05, 0.1) is 0 Å². The zero-order chi connectivity index (χ0) is 16.4. The molecule has 0 spiro atoms. The first-order valence-electron chi connectivity index (χ1n) is 7.26. The number of thiazole rings is 1. The van der Waals surface area contributed by atoms with E-state index in [0.29, 0.717) is 5.56 Å². The summed E-state index contributed by atoms with van der Waals surface area (Å²) < 4.78 is 3.36. The normalized spacial score (nSPS) is 11.3. The number of aromatic nitrogens is 1. The molecule has 0 saturated carbocycles. The van der Waals surface area contributed by atoms with Gasteiger partial charge in [-0.1, -0.05) is 35.6 Å². The van der Waals surface area contributed by atoms with Crippen LogP contribution in [0.1, 0.15) is 27.9 Å². The van der Waals surface area contributed by atoms with E-state index in [1.54, 1.807) is 29.5 Å². The number of carboxylic acid groups (broad SMARTS) is 1. The summed E-state index contributed by atoms with van der Waals surface area (Å²) in [5.74, 6) is -1.36. The van der Waals surface area contributed by atoms with Crippen LogP contribution in [-0.4, -0.2) is 16.2 Å². The van der Waals surface area contributed by atoms with E-state index in [4.69, 9.17) is 0 Å². The average molecular weight is 326 g/mol. The molecule has 1 aromatic heterocycles. The number of fused-ring (bicyclic) bond motifs is 1. The van der Waals surface area contributed by atoms with E-state index < -0.39 is 5.97 Å². The molecular weight excluding hydrogens is 310 g/mol. The molecule has 1 heterocycles. The van der Waals surface area contributed by atoms with Gasteiger partial charge in [-0.2, -0.15) is 4.57 Å². The number of para-hydroxylation sites is 1. The molecule has 2 aromatic carbocycles. The van der Waals surface area contributed by atoms with Gasteiger partial charge in [0.2, 0.25) is 5.52 Å². The first-order chi connectivity index (χ1) is 11.1. The number of carbonyl (C=O) groups is 1. The summed E-state index contributed by atoms with van der Waals surface area (Å²) in [5, 5.41) is 20.1. The van der Waals surface area contributed by atoms with E-state index >= 15 is 0 Å². The number of rotatable bonds is 4. The van der Waals surface area contributed by atoms with Gasteiger partial charge in [0.25, 0.3) is 5.01 Å². The standard InChI is InChI=1S/C18H15NO3S/c1-2-19-13-7-3-4-9-15(13)23-16(19)11-10-12-6-5-8-14(20)17(12)18(21)22/h3-11H,2H2,1H3,(H-,20,21,22)/p+1/b11-10+. The highest BCUT2D eigenvalue weighted by molar-refractivity contribution is 7.18. The SMILES string of the molecule is CC[n+]1c(/C=C/c2cccc(O)c2C(=O)O)sc2ccccc21. The van der Waals surface area contributed by atoms with Crippen LogP contribution < -0.4 is 4.57 Å². The highest BCUT2D eigenvalue weighted by Crippen LogP contribution is 2.25. The molecule has 4 nitrogen and oxygen atoms in total. The molecule has 5 heteroatoms. The topological polar surface area (TPSA) is 61.4 Å². The number of aromatic hydroxyl groups is 1. The third-order valence-corrected chi connectivity index (χ3v) is 4.78. The summed E-state index contributed by atoms with van der Waals surface area (Å²) in [4.78, 5) is 11.3. The Kier molecular flexibility index (Phi) is 4.12. The minimum atomic E-state index is -1.14. The summed E-state index contributed by atoms with van der Waals surface area (Å²) in [6.45, 7) is 2.91. The highest BCUT2D eigenvalue weighted by atomic mass is 32.1. The molecule has 0 aliphatic rings. The van der Waals surface area contributed by atoms with Gasteiger partial charge in [0, 0.05) is 12.1 Å². The third-order valence-electron chi connectivity index (χ3n) is 3.65. The fraction of sp³-hybridized carbons (Fsp3) is 0.111. The van der Waals surface area contributed by atoms with Gasteiger partial charge in [-0.05, 0) is 30.7 Å². The van der Waals surface area contributed by atoms with Crippen molar-refractivity contribution in [3.05, 3.63) is 58.6 Å². The summed E-state index contributed by atoms with van der Waals surface area (Å²) in [6, 6.07) is 12.9. The minimum Gasteiger partial charge on any atom is -0.507 e. The van der Waals surface area contributed by atoms with Crippen LogP contribution in [0.2, 0.25) is 0 Å². The maximum absolute atomic E-state index is 11.3. The first-order valence-corrected chi connectivity index (χ1v) is 8.08. The number of aromatic carboxylic acids is 1. The Morgan fingerprint density at radius 1 is 1.17 bits per heavy atom. The maximum Gasteiger partial charge on any atom is 0.340 e. The molecule has 0 bridgehead atoms. The van der Waals surface area contributed by atoms with Crippen molar-refractivity contribution in [2.24, 2.45) is 0 Å². The lowest BCUT2D eigenvalue weighted by atomic mass is 10.1. The Bertz CT molecular complexity index is 912. The van der Waals surface area contributed by atoms with Crippen LogP contribution in [0.5, 0.6) is 5.75 Å². The summed E-state index contributed by atoms with van der Waals surface area (Å²) >= 11 is 1.65. The lowest BCUT2D eigenvalue weighted by Gasteiger charge is -2.02. The van der Waals surface area contributed by atoms with Gasteiger partial charge in [0.1, 0.15) is 22.6 Å². The highest BCUT2D eigenvalue weighted by Gasteiger charge is 2.17. The molecule has 0 aliphatic heterocycles. The first kappa shape index (κ1) is 15.2. The van der Waals surface area contributed by atoms with E-state index in [1.807, 2.05) is 18.2 Å². The molecule has 23 heavy (non-hydrogen) atoms. The number of hydrogen-bond acceptors (Lipinski definition) is 3. The molecule has 0 aliphatic carbocycles. The minimum absolute atomic E-state index is 0.0760. The van der Waals surface area contributed by atoms with Crippen molar-refractivity contribution in [3.8, 4) is 5.75 Å². The third kappa shape index (κ3) is 2.83. The number of nitrogens with zero attached hydrogens (tertiary/aromatic N) is 1. The van der Waals surface area contributed by atoms with Gasteiger partial charge in [-0.15, -0.1) is 0 Å². The largest absolute Gasteiger partial charge is 0.507 e. The van der Waals surface area contributed by atoms with Crippen molar-refractivity contribution in [2.75, 3.05) is 0 Å². The van der Waals surface area contributed by atoms with Crippen LogP contribution in [0, 0.1) is 0 Å². The zero-order valence-electron chi connectivity index (χ0n) is 12.6. The van der Waals surface area contributed by atoms with Crippen molar-refractivity contribution in [3.63, 3.8) is 0 Å². The molecule has 0 saturated heterocycles. The summed E-state index contributed by atoms with van der Waals surface area (Å²) in [6.07, 6.45) is 3.63. The van der Waals surface area contributed by atoms with Crippen molar-refractivity contribution < 1.29 is 19.6 Å². The zero-order valence-corrected chi connectivity index (χ0v) is 13.4. The lowest BCUT2D eigenvalue weighted by Crippen LogP contribution is -2.33. The van der Waals surface area contributed by atoms with Crippen LogP contribution in [-0.2, 0) is 6.54 Å². The monoisotopic (exact) mass is 326 g/mol. The smallest absolute Gasteiger partial charge is 0.340 e. The number of phenols is 1. The van der Waals surface area contributed by atoms with Gasteiger partial charge in [-0.3, -0.25) is 0 Å². The molecule has 0 fully saturated rings. The lowest BCUT2D eigenvalue weighted by molar-refractivity contribution is -0.665. The molecular formula is C18H16NO3S+. The van der Waals surface area contributed by atoms with E-state index in [1.165, 1.54) is 10.8 Å². The molecule has 2 N–H and O–H groups in total. The second-order valence-corrected chi connectivity index (χ2v) is 6.09. The number of benzene rings is 2. The maximum atomic E-state index is 11.3. The average Bonchev–Trinajstić information content (AvgIpc) is 2.89. The van der Waals surface area contributed by atoms with Crippen molar-refractivity contribution >= 4 is 39.7 Å². The predicted molar refractivity (Wildman–Crippen MR) is 91.7 cm³/mol. The van der Waals surface area contributed by atoms with E-state index in [0.717, 1.165) is 17.1 Å². The number of carboxylic acids is 1. The van der Waals surface area contributed by atoms with Crippen LogP contribution >= 0.6 is 11.3 Å². The Morgan fingerprint density at radius 3 is 2.70 bits per heavy atom. The molecule has 116 valence electrons. The van der Waals surface area contributed by atoms with Crippen LogP contribution in [0.25, 0.3) is 22.4 Å². The van der Waals surface area contributed by atoms with Gasteiger partial charge in [0.15, 0.2) is 0 Å². The van der Waals surface area contributed by atoms with Gasteiger partial charge in [-0.25, -0.2) is 4.79 Å². The molecule has 0 amide bonds. The molecule has 0 atom stereocenters. The predicted octanol–water partition coefficient (Wildman–Crippen LogP) is 3.78. The van der Waals surface area contributed by atoms with Crippen LogP contribution in [0.15, 0.2) is 42.5 Å². The van der Waals surface area contributed by atoms with Crippen molar-refractivity contribution in [1.82, 2.24) is 0 Å². The van der Waals surface area contributed by atoms with Crippen LogP contribution in [0.3, 0.4) is 0 Å². The Balaban J connectivity index is 2.08. The molecule has 3 aromatic rings.